The van der Waals surface area contributed by atoms with E-state index in [-0.39, 0.29) is 12.2 Å². The number of carbonyl (C=O) groups excluding carboxylic acids is 1. The fourth-order valence-electron chi connectivity index (χ4n) is 2.68. The molecule has 28 heavy (non-hydrogen) atoms. The summed E-state index contributed by atoms with van der Waals surface area (Å²) in [5.74, 6) is -1.41. The molecule has 0 radical (unpaired) electrons. The molecule has 0 aliphatic carbocycles. The van der Waals surface area contributed by atoms with Gasteiger partial charge in [-0.1, -0.05) is 35.9 Å². The predicted octanol–water partition coefficient (Wildman–Crippen LogP) is 5.06. The number of alkyl carbamates (subject to hydrolysis) is 1. The standard InChI is InChI=1S/C21H23ClFNO4/c1-21(2,3)28-20(27)24-16(12-19(25)26)10-13-4-6-14(7-5-13)17-11-15(23)8-9-18(17)22/h4-9,11,16H,10,12H2,1-3H3,(H,24,27)(H,25,26). The van der Waals surface area contributed by atoms with Gasteiger partial charge in [-0.25, -0.2) is 9.18 Å². The SMILES string of the molecule is CC(C)(C)OC(=O)NC(CC(=O)O)Cc1ccc(-c2cc(F)ccc2Cl)cc1. The molecule has 5 nitrogen and oxygen atoms in total. The third kappa shape index (κ3) is 6.85. The summed E-state index contributed by atoms with van der Waals surface area (Å²) in [6, 6.07) is 10.7. The van der Waals surface area contributed by atoms with E-state index in [9.17, 15) is 14.0 Å². The van der Waals surface area contributed by atoms with Crippen LogP contribution in [0.5, 0.6) is 0 Å². The second kappa shape index (κ2) is 9.06. The smallest absolute Gasteiger partial charge is 0.407 e. The molecule has 1 amide bonds. The summed E-state index contributed by atoms with van der Waals surface area (Å²) < 4.78 is 18.7. The summed E-state index contributed by atoms with van der Waals surface area (Å²) in [7, 11) is 0. The molecule has 1 unspecified atom stereocenters. The number of amides is 1. The van der Waals surface area contributed by atoms with E-state index in [2.05, 4.69) is 5.32 Å². The lowest BCUT2D eigenvalue weighted by atomic mass is 9.99. The molecule has 0 fully saturated rings. The molecule has 0 aliphatic heterocycles. The number of benzene rings is 2. The quantitative estimate of drug-likeness (QED) is 0.702. The van der Waals surface area contributed by atoms with Gasteiger partial charge in [0.2, 0.25) is 0 Å². The number of carbonyl (C=O) groups is 2. The summed E-state index contributed by atoms with van der Waals surface area (Å²) in [6.07, 6.45) is -0.596. The minimum absolute atomic E-state index is 0.239. The van der Waals surface area contributed by atoms with E-state index in [1.165, 1.54) is 18.2 Å². The molecule has 0 heterocycles. The molecule has 2 aromatic carbocycles. The molecule has 1 atom stereocenters. The minimum atomic E-state index is -1.02. The number of carboxylic acid groups (broad SMARTS) is 1. The normalized spacial score (nSPS) is 12.3. The molecule has 0 saturated carbocycles. The Bertz CT molecular complexity index is 846. The first-order chi connectivity index (χ1) is 13.0. The zero-order chi connectivity index (χ0) is 20.9. The number of aliphatic carboxylic acids is 1. The largest absolute Gasteiger partial charge is 0.481 e. The highest BCUT2D eigenvalue weighted by Crippen LogP contribution is 2.29. The lowest BCUT2D eigenvalue weighted by Crippen LogP contribution is -2.41. The fourth-order valence-corrected chi connectivity index (χ4v) is 2.91. The lowest BCUT2D eigenvalue weighted by Gasteiger charge is -2.23. The fraction of sp³-hybridized carbons (Fsp3) is 0.333. The first kappa shape index (κ1) is 21.7. The maximum Gasteiger partial charge on any atom is 0.407 e. The van der Waals surface area contributed by atoms with Crippen molar-refractivity contribution in [3.63, 3.8) is 0 Å². The van der Waals surface area contributed by atoms with Crippen LogP contribution in [-0.4, -0.2) is 28.8 Å². The van der Waals surface area contributed by atoms with Crippen molar-refractivity contribution in [3.8, 4) is 11.1 Å². The maximum atomic E-state index is 13.5. The summed E-state index contributed by atoms with van der Waals surface area (Å²) >= 11 is 6.13. The van der Waals surface area contributed by atoms with Crippen LogP contribution in [0.15, 0.2) is 42.5 Å². The molecule has 0 spiro atoms. The molecule has 2 rings (SSSR count). The van der Waals surface area contributed by atoms with Gasteiger partial charge in [-0.3, -0.25) is 4.79 Å². The van der Waals surface area contributed by atoms with Crippen LogP contribution < -0.4 is 5.32 Å². The minimum Gasteiger partial charge on any atom is -0.481 e. The molecule has 0 aliphatic rings. The van der Waals surface area contributed by atoms with Gasteiger partial charge in [0.1, 0.15) is 11.4 Å². The van der Waals surface area contributed by atoms with Crippen LogP contribution in [0.4, 0.5) is 9.18 Å². The topological polar surface area (TPSA) is 75.6 Å². The van der Waals surface area contributed by atoms with Gasteiger partial charge in [0.05, 0.1) is 6.42 Å². The van der Waals surface area contributed by atoms with Crippen molar-refractivity contribution in [3.05, 3.63) is 58.9 Å². The number of carboxylic acids is 1. The summed E-state index contributed by atoms with van der Waals surface area (Å²) in [5, 5.41) is 12.2. The van der Waals surface area contributed by atoms with E-state index in [0.717, 1.165) is 11.1 Å². The zero-order valence-corrected chi connectivity index (χ0v) is 16.7. The first-order valence-electron chi connectivity index (χ1n) is 8.79. The first-order valence-corrected chi connectivity index (χ1v) is 9.17. The van der Waals surface area contributed by atoms with Crippen molar-refractivity contribution in [1.82, 2.24) is 5.32 Å². The molecule has 0 bridgehead atoms. The Labute approximate surface area is 168 Å². The van der Waals surface area contributed by atoms with Gasteiger partial charge >= 0.3 is 12.1 Å². The van der Waals surface area contributed by atoms with E-state index >= 15 is 0 Å². The van der Waals surface area contributed by atoms with Crippen LogP contribution in [0, 0.1) is 5.82 Å². The van der Waals surface area contributed by atoms with Crippen molar-refractivity contribution in [1.29, 1.82) is 0 Å². The Balaban J connectivity index is 2.12. The Morgan fingerprint density at radius 2 is 1.82 bits per heavy atom. The lowest BCUT2D eigenvalue weighted by molar-refractivity contribution is -0.137. The summed E-state index contributed by atoms with van der Waals surface area (Å²) in [5.41, 5.74) is 1.45. The molecule has 0 saturated heterocycles. The Morgan fingerprint density at radius 3 is 2.39 bits per heavy atom. The number of rotatable bonds is 6. The average molecular weight is 408 g/mol. The number of nitrogens with one attached hydrogen (secondary N) is 1. The molecule has 2 N–H and O–H groups in total. The van der Waals surface area contributed by atoms with E-state index in [1.807, 2.05) is 0 Å². The van der Waals surface area contributed by atoms with E-state index < -0.39 is 23.7 Å². The van der Waals surface area contributed by atoms with Gasteiger partial charge in [0.25, 0.3) is 0 Å². The van der Waals surface area contributed by atoms with Gasteiger partial charge in [-0.05, 0) is 56.5 Å². The molecule has 7 heteroatoms. The van der Waals surface area contributed by atoms with Gasteiger partial charge < -0.3 is 15.2 Å². The van der Waals surface area contributed by atoms with Crippen molar-refractivity contribution in [2.45, 2.75) is 45.3 Å². The second-order valence-corrected chi connectivity index (χ2v) is 7.87. The Hall–Kier alpha value is -2.60. The van der Waals surface area contributed by atoms with Gasteiger partial charge in [-0.2, -0.15) is 0 Å². The van der Waals surface area contributed by atoms with Crippen LogP contribution in [0.1, 0.15) is 32.8 Å². The Kier molecular flexibility index (Phi) is 7.02. The molecule has 2 aromatic rings. The molecule has 0 aromatic heterocycles. The molecule has 150 valence electrons. The highest BCUT2D eigenvalue weighted by molar-refractivity contribution is 6.33. The molecular formula is C21H23ClFNO4. The van der Waals surface area contributed by atoms with E-state index in [0.29, 0.717) is 17.0 Å². The summed E-state index contributed by atoms with van der Waals surface area (Å²) in [4.78, 5) is 23.1. The van der Waals surface area contributed by atoms with Crippen LogP contribution >= 0.6 is 11.6 Å². The monoisotopic (exact) mass is 407 g/mol. The number of hydrogen-bond acceptors (Lipinski definition) is 3. The zero-order valence-electron chi connectivity index (χ0n) is 16.0. The maximum absolute atomic E-state index is 13.5. The van der Waals surface area contributed by atoms with Crippen molar-refractivity contribution in [2.75, 3.05) is 0 Å². The van der Waals surface area contributed by atoms with Crippen LogP contribution in [-0.2, 0) is 16.0 Å². The average Bonchev–Trinajstić information content (AvgIpc) is 2.55. The van der Waals surface area contributed by atoms with Gasteiger partial charge in [-0.15, -0.1) is 0 Å². The number of ether oxygens (including phenoxy) is 1. The highest BCUT2D eigenvalue weighted by Gasteiger charge is 2.21. The van der Waals surface area contributed by atoms with E-state index in [4.69, 9.17) is 21.4 Å². The highest BCUT2D eigenvalue weighted by atomic mass is 35.5. The molecular weight excluding hydrogens is 385 g/mol. The number of halogens is 2. The van der Waals surface area contributed by atoms with Crippen molar-refractivity contribution in [2.24, 2.45) is 0 Å². The van der Waals surface area contributed by atoms with Crippen LogP contribution in [0.2, 0.25) is 5.02 Å². The third-order valence-electron chi connectivity index (χ3n) is 3.82. The van der Waals surface area contributed by atoms with Crippen LogP contribution in [0.25, 0.3) is 11.1 Å². The van der Waals surface area contributed by atoms with Gasteiger partial charge in [0, 0.05) is 16.6 Å². The van der Waals surface area contributed by atoms with Crippen molar-refractivity contribution < 1.29 is 23.8 Å². The van der Waals surface area contributed by atoms with Crippen LogP contribution in [0.3, 0.4) is 0 Å². The third-order valence-corrected chi connectivity index (χ3v) is 4.15. The number of hydrogen-bond donors (Lipinski definition) is 2. The predicted molar refractivity (Wildman–Crippen MR) is 106 cm³/mol. The van der Waals surface area contributed by atoms with E-state index in [1.54, 1.807) is 45.0 Å². The summed E-state index contributed by atoms with van der Waals surface area (Å²) in [6.45, 7) is 5.19. The second-order valence-electron chi connectivity index (χ2n) is 7.47. The van der Waals surface area contributed by atoms with Crippen molar-refractivity contribution >= 4 is 23.7 Å². The Morgan fingerprint density at radius 1 is 1.18 bits per heavy atom. The van der Waals surface area contributed by atoms with Gasteiger partial charge in [0.15, 0.2) is 0 Å².